The van der Waals surface area contributed by atoms with Crippen LogP contribution < -0.4 is 9.64 Å². The molecule has 1 heterocycles. The summed E-state index contributed by atoms with van der Waals surface area (Å²) in [4.78, 5) is 14.3. The van der Waals surface area contributed by atoms with Gasteiger partial charge in [-0.2, -0.15) is 0 Å². The van der Waals surface area contributed by atoms with E-state index in [0.29, 0.717) is 18.0 Å². The van der Waals surface area contributed by atoms with Crippen LogP contribution in [-0.4, -0.2) is 18.1 Å². The summed E-state index contributed by atoms with van der Waals surface area (Å²) in [6.45, 7) is 4.19. The number of fused-ring (bicyclic) bond motifs is 1. The molecule has 0 spiro atoms. The number of halogens is 1. The van der Waals surface area contributed by atoms with Crippen LogP contribution in [0.5, 0.6) is 5.75 Å². The van der Waals surface area contributed by atoms with Crippen molar-refractivity contribution in [3.63, 3.8) is 0 Å². The predicted molar refractivity (Wildman–Crippen MR) is 79.2 cm³/mol. The number of amides is 1. The normalized spacial score (nSPS) is 16.0. The predicted octanol–water partition coefficient (Wildman–Crippen LogP) is 3.64. The zero-order valence-electron chi connectivity index (χ0n) is 12.0. The minimum absolute atomic E-state index is 0.0741. The van der Waals surface area contributed by atoms with Crippen LogP contribution >= 0.6 is 0 Å². The molecular weight excluding hydrogens is 269 g/mol. The lowest BCUT2D eigenvalue weighted by atomic mass is 10.0. The van der Waals surface area contributed by atoms with E-state index in [1.807, 2.05) is 38.1 Å². The van der Waals surface area contributed by atoms with E-state index < -0.39 is 11.4 Å². The number of nitrogens with zero attached hydrogens (tertiary/aromatic N) is 1. The van der Waals surface area contributed by atoms with Gasteiger partial charge in [0.25, 0.3) is 5.91 Å². The molecule has 0 radical (unpaired) electrons. The molecule has 0 fully saturated rings. The maximum absolute atomic E-state index is 13.9. The first-order chi connectivity index (χ1) is 9.98. The van der Waals surface area contributed by atoms with E-state index in [1.165, 1.54) is 12.1 Å². The minimum Gasteiger partial charge on any atom is -0.484 e. The Morgan fingerprint density at radius 2 is 1.81 bits per heavy atom. The average Bonchev–Trinajstić information content (AvgIpc) is 2.45. The molecule has 0 atom stereocenters. The molecule has 1 amide bonds. The Morgan fingerprint density at radius 3 is 2.57 bits per heavy atom. The molecule has 108 valence electrons. The number of anilines is 1. The lowest BCUT2D eigenvalue weighted by Crippen LogP contribution is -2.49. The Bertz CT molecular complexity index is 697. The number of ether oxygens (including phenoxy) is 1. The van der Waals surface area contributed by atoms with Crippen molar-refractivity contribution in [1.82, 2.24) is 0 Å². The van der Waals surface area contributed by atoms with Crippen LogP contribution in [0, 0.1) is 5.82 Å². The molecule has 0 saturated heterocycles. The van der Waals surface area contributed by atoms with Crippen LogP contribution in [0.1, 0.15) is 24.2 Å². The van der Waals surface area contributed by atoms with Gasteiger partial charge < -0.3 is 9.64 Å². The first kappa shape index (κ1) is 13.6. The van der Waals surface area contributed by atoms with Gasteiger partial charge >= 0.3 is 0 Å². The number of hydrogen-bond acceptors (Lipinski definition) is 2. The molecule has 0 aromatic heterocycles. The summed E-state index contributed by atoms with van der Waals surface area (Å²) in [5, 5.41) is 0. The van der Waals surface area contributed by atoms with Gasteiger partial charge in [0.05, 0.1) is 17.8 Å². The zero-order valence-corrected chi connectivity index (χ0v) is 12.0. The van der Waals surface area contributed by atoms with E-state index in [0.717, 1.165) is 0 Å². The van der Waals surface area contributed by atoms with Gasteiger partial charge in [0.15, 0.2) is 0 Å². The molecule has 2 aromatic rings. The van der Waals surface area contributed by atoms with Gasteiger partial charge in [-0.15, -0.1) is 0 Å². The Hall–Kier alpha value is -2.36. The Balaban J connectivity index is 2.06. The van der Waals surface area contributed by atoms with E-state index in [-0.39, 0.29) is 11.5 Å². The number of benzene rings is 2. The average molecular weight is 285 g/mol. The zero-order chi connectivity index (χ0) is 15.0. The largest absolute Gasteiger partial charge is 0.484 e. The molecule has 1 aliphatic rings. The molecule has 3 rings (SSSR count). The number of hydrogen-bond donors (Lipinski definition) is 0. The van der Waals surface area contributed by atoms with Crippen LogP contribution in [-0.2, 0) is 0 Å². The number of para-hydroxylation sites is 2. The van der Waals surface area contributed by atoms with Gasteiger partial charge in [-0.25, -0.2) is 4.39 Å². The summed E-state index contributed by atoms with van der Waals surface area (Å²) in [5.41, 5.74) is 0.227. The van der Waals surface area contributed by atoms with Gasteiger partial charge in [-0.1, -0.05) is 24.3 Å². The van der Waals surface area contributed by atoms with Crippen molar-refractivity contribution in [2.24, 2.45) is 0 Å². The van der Waals surface area contributed by atoms with Gasteiger partial charge in [-0.05, 0) is 38.1 Å². The van der Waals surface area contributed by atoms with Gasteiger partial charge in [0.1, 0.15) is 17.2 Å². The monoisotopic (exact) mass is 285 g/mol. The molecule has 21 heavy (non-hydrogen) atoms. The summed E-state index contributed by atoms with van der Waals surface area (Å²) < 4.78 is 19.8. The molecule has 2 aromatic carbocycles. The van der Waals surface area contributed by atoms with E-state index in [1.54, 1.807) is 17.0 Å². The SMILES string of the molecule is CC1(C)CN(C(=O)c2ccccc2F)c2ccccc2O1. The van der Waals surface area contributed by atoms with Gasteiger partial charge in [0, 0.05) is 0 Å². The Kier molecular flexibility index (Phi) is 3.16. The maximum Gasteiger partial charge on any atom is 0.261 e. The highest BCUT2D eigenvalue weighted by atomic mass is 19.1. The molecular formula is C17H16FNO2. The van der Waals surface area contributed by atoms with Crippen LogP contribution in [0.2, 0.25) is 0 Å². The molecule has 0 aliphatic carbocycles. The Morgan fingerprint density at radius 1 is 1.14 bits per heavy atom. The summed E-state index contributed by atoms with van der Waals surface area (Å²) in [6.07, 6.45) is 0. The highest BCUT2D eigenvalue weighted by molar-refractivity contribution is 6.07. The Labute approximate surface area is 123 Å². The third-order valence-electron chi connectivity index (χ3n) is 3.43. The quantitative estimate of drug-likeness (QED) is 0.800. The van der Waals surface area contributed by atoms with Crippen molar-refractivity contribution in [2.75, 3.05) is 11.4 Å². The van der Waals surface area contributed by atoms with E-state index in [9.17, 15) is 9.18 Å². The number of carbonyl (C=O) groups excluding carboxylic acids is 1. The molecule has 4 heteroatoms. The molecule has 0 unspecified atom stereocenters. The fourth-order valence-electron chi connectivity index (χ4n) is 2.52. The maximum atomic E-state index is 13.9. The molecule has 0 bridgehead atoms. The van der Waals surface area contributed by atoms with Crippen LogP contribution in [0.3, 0.4) is 0 Å². The fraction of sp³-hybridized carbons (Fsp3) is 0.235. The van der Waals surface area contributed by atoms with Gasteiger partial charge in [0.2, 0.25) is 0 Å². The first-order valence-corrected chi connectivity index (χ1v) is 6.82. The fourth-order valence-corrected chi connectivity index (χ4v) is 2.52. The standard InChI is InChI=1S/C17H16FNO2/c1-17(2)11-19(14-9-5-6-10-15(14)21-17)16(20)12-7-3-4-8-13(12)18/h3-10H,11H2,1-2H3. The van der Waals surface area contributed by atoms with Gasteiger partial charge in [-0.3, -0.25) is 4.79 Å². The molecule has 1 aliphatic heterocycles. The van der Waals surface area contributed by atoms with Crippen molar-refractivity contribution in [3.05, 3.63) is 59.9 Å². The smallest absolute Gasteiger partial charge is 0.261 e. The van der Waals surface area contributed by atoms with Crippen LogP contribution in [0.4, 0.5) is 10.1 Å². The van der Waals surface area contributed by atoms with E-state index in [4.69, 9.17) is 4.74 Å². The molecule has 3 nitrogen and oxygen atoms in total. The second-order valence-electron chi connectivity index (χ2n) is 5.70. The summed E-state index contributed by atoms with van der Waals surface area (Å²) in [6, 6.07) is 13.3. The summed E-state index contributed by atoms with van der Waals surface area (Å²) >= 11 is 0. The van der Waals surface area contributed by atoms with Crippen molar-refractivity contribution in [3.8, 4) is 5.75 Å². The van der Waals surface area contributed by atoms with Crippen LogP contribution in [0.15, 0.2) is 48.5 Å². The highest BCUT2D eigenvalue weighted by Gasteiger charge is 2.35. The van der Waals surface area contributed by atoms with Crippen LogP contribution in [0.25, 0.3) is 0 Å². The first-order valence-electron chi connectivity index (χ1n) is 6.82. The molecule has 0 N–H and O–H groups in total. The van der Waals surface area contributed by atoms with Crippen molar-refractivity contribution in [2.45, 2.75) is 19.4 Å². The van der Waals surface area contributed by atoms with E-state index in [2.05, 4.69) is 0 Å². The van der Waals surface area contributed by atoms with Crippen molar-refractivity contribution < 1.29 is 13.9 Å². The lowest BCUT2D eigenvalue weighted by molar-refractivity contribution is 0.0834. The number of rotatable bonds is 1. The molecule has 0 saturated carbocycles. The summed E-state index contributed by atoms with van der Waals surface area (Å²) in [5.74, 6) is -0.223. The second-order valence-corrected chi connectivity index (χ2v) is 5.70. The topological polar surface area (TPSA) is 29.5 Å². The van der Waals surface area contributed by atoms with Crippen molar-refractivity contribution >= 4 is 11.6 Å². The minimum atomic E-state index is -0.519. The van der Waals surface area contributed by atoms with Crippen molar-refractivity contribution in [1.29, 1.82) is 0 Å². The lowest BCUT2D eigenvalue weighted by Gasteiger charge is -2.39. The third kappa shape index (κ3) is 2.49. The van der Waals surface area contributed by atoms with E-state index >= 15 is 0 Å². The third-order valence-corrected chi connectivity index (χ3v) is 3.43. The second kappa shape index (κ2) is 4.88. The highest BCUT2D eigenvalue weighted by Crippen LogP contribution is 2.37. The number of carbonyl (C=O) groups is 1. The summed E-state index contributed by atoms with van der Waals surface area (Å²) in [7, 11) is 0.